The predicted molar refractivity (Wildman–Crippen MR) is 305 cm³/mol. The Kier molecular flexibility index (Phi) is 10.3. The van der Waals surface area contributed by atoms with Crippen molar-refractivity contribution in [1.82, 2.24) is 9.13 Å². The summed E-state index contributed by atoms with van der Waals surface area (Å²) in [5.41, 5.74) is 16.8. The molecule has 2 aromatic heterocycles. The van der Waals surface area contributed by atoms with Gasteiger partial charge in [-0.05, 0) is 174 Å². The van der Waals surface area contributed by atoms with Crippen LogP contribution >= 0.6 is 0 Å². The molecule has 0 N–H and O–H groups in total. The van der Waals surface area contributed by atoms with Crippen molar-refractivity contribution in [3.63, 3.8) is 0 Å². The summed E-state index contributed by atoms with van der Waals surface area (Å²) in [5.74, 6) is 0. The maximum absolute atomic E-state index is 10.0. The van der Waals surface area contributed by atoms with Gasteiger partial charge in [-0.2, -0.15) is 15.8 Å². The van der Waals surface area contributed by atoms with E-state index in [0.717, 1.165) is 121 Å². The lowest BCUT2D eigenvalue weighted by Crippen LogP contribution is -1.98. The van der Waals surface area contributed by atoms with Crippen molar-refractivity contribution in [2.75, 3.05) is 0 Å². The standard InChI is InChI=1S/C68H34N8/c1-72-50-20-18-47(19-21-50)46-12-16-49(17-13-46)68-56-27-25-53(75-63-28-6-42(39-70)32-57(63)59-34-51(73-2)22-30-65(59)75)36-61(56)67(48-14-10-45(11-15-48)44-8-4-41(38-69)5-9-44)55-26-24-54(37-62(55)68)76-64-29-7-43(40-71)33-58(64)60-35-52(74-3)23-31-66(60)76/h4-37H. The molecule has 0 unspecified atom stereocenters. The average molecular weight is 963 g/mol. The maximum atomic E-state index is 10.0. The molecule has 0 bridgehead atoms. The first-order chi connectivity index (χ1) is 37.4. The van der Waals surface area contributed by atoms with Crippen LogP contribution in [0.4, 0.5) is 17.1 Å². The molecule has 0 amide bonds. The number of nitrogens with zero attached hydrogens (tertiary/aromatic N) is 8. The molecule has 0 fully saturated rings. The first kappa shape index (κ1) is 44.4. The van der Waals surface area contributed by atoms with Gasteiger partial charge in [-0.3, -0.25) is 0 Å². The molecular formula is C68H34N8. The van der Waals surface area contributed by atoms with Crippen LogP contribution in [0, 0.1) is 53.7 Å². The molecular weight excluding hydrogens is 929 g/mol. The predicted octanol–water partition coefficient (Wildman–Crippen LogP) is 18.1. The summed E-state index contributed by atoms with van der Waals surface area (Å²) in [6, 6.07) is 75.5. The lowest BCUT2D eigenvalue weighted by atomic mass is 9.85. The van der Waals surface area contributed by atoms with Crippen molar-refractivity contribution in [3.05, 3.63) is 257 Å². The minimum Gasteiger partial charge on any atom is -0.309 e. The van der Waals surface area contributed by atoms with E-state index in [2.05, 4.69) is 127 Å². The third-order valence-electron chi connectivity index (χ3n) is 14.6. The summed E-state index contributed by atoms with van der Waals surface area (Å²) in [5, 5.41) is 37.1. The van der Waals surface area contributed by atoms with Crippen LogP contribution < -0.4 is 0 Å². The second-order valence-electron chi connectivity index (χ2n) is 18.7. The van der Waals surface area contributed by atoms with Gasteiger partial charge in [0.2, 0.25) is 0 Å². The highest BCUT2D eigenvalue weighted by Crippen LogP contribution is 2.47. The number of hydrogen-bond acceptors (Lipinski definition) is 3. The van der Waals surface area contributed by atoms with Crippen molar-refractivity contribution in [2.45, 2.75) is 0 Å². The zero-order valence-electron chi connectivity index (χ0n) is 40.2. The largest absolute Gasteiger partial charge is 0.309 e. The summed E-state index contributed by atoms with van der Waals surface area (Å²) < 4.78 is 4.44. The van der Waals surface area contributed by atoms with Crippen LogP contribution in [0.3, 0.4) is 0 Å². The third kappa shape index (κ3) is 7.09. The van der Waals surface area contributed by atoms with Crippen LogP contribution in [0.1, 0.15) is 16.7 Å². The molecule has 0 aliphatic rings. The zero-order chi connectivity index (χ0) is 51.6. The average Bonchev–Trinajstić information content (AvgIpc) is 4.06. The van der Waals surface area contributed by atoms with Crippen molar-refractivity contribution in [2.24, 2.45) is 0 Å². The third-order valence-corrected chi connectivity index (χ3v) is 14.6. The van der Waals surface area contributed by atoms with E-state index in [0.29, 0.717) is 33.8 Å². The Balaban J connectivity index is 1.13. The lowest BCUT2D eigenvalue weighted by molar-refractivity contribution is 1.18. The number of fused-ring (bicyclic) bond motifs is 8. The second kappa shape index (κ2) is 17.7. The Hall–Kier alpha value is -11.5. The summed E-state index contributed by atoms with van der Waals surface area (Å²) in [6.07, 6.45) is 0. The fourth-order valence-electron chi connectivity index (χ4n) is 11.1. The Morgan fingerprint density at radius 1 is 0.276 bits per heavy atom. The van der Waals surface area contributed by atoms with Crippen LogP contribution in [0.5, 0.6) is 0 Å². The Bertz CT molecular complexity index is 4440. The van der Waals surface area contributed by atoms with Crippen LogP contribution in [0.25, 0.3) is 136 Å². The van der Waals surface area contributed by atoms with Gasteiger partial charge in [0.25, 0.3) is 0 Å². The van der Waals surface area contributed by atoms with E-state index in [1.807, 2.05) is 121 Å². The van der Waals surface area contributed by atoms with Crippen molar-refractivity contribution in [1.29, 1.82) is 15.8 Å². The van der Waals surface area contributed by atoms with E-state index in [9.17, 15) is 15.8 Å². The minimum atomic E-state index is 0.516. The molecule has 11 aromatic carbocycles. The molecule has 0 saturated carbocycles. The topological polar surface area (TPSA) is 94.3 Å². The van der Waals surface area contributed by atoms with E-state index in [-0.39, 0.29) is 0 Å². The fraction of sp³-hybridized carbons (Fsp3) is 0. The molecule has 0 atom stereocenters. The minimum absolute atomic E-state index is 0.516. The van der Waals surface area contributed by atoms with Crippen LogP contribution in [-0.2, 0) is 0 Å². The molecule has 2 heterocycles. The molecule has 0 spiro atoms. The first-order valence-electron chi connectivity index (χ1n) is 24.3. The zero-order valence-corrected chi connectivity index (χ0v) is 40.2. The number of benzene rings is 11. The van der Waals surface area contributed by atoms with Crippen molar-refractivity contribution < 1.29 is 0 Å². The van der Waals surface area contributed by atoms with Gasteiger partial charge < -0.3 is 9.13 Å². The first-order valence-corrected chi connectivity index (χ1v) is 24.3. The number of hydrogen-bond donors (Lipinski definition) is 0. The monoisotopic (exact) mass is 962 g/mol. The van der Waals surface area contributed by atoms with Crippen LogP contribution in [0.15, 0.2) is 206 Å². The van der Waals surface area contributed by atoms with E-state index < -0.39 is 0 Å². The van der Waals surface area contributed by atoms with Gasteiger partial charge in [-0.15, -0.1) is 0 Å². The number of nitriles is 3. The highest BCUT2D eigenvalue weighted by Gasteiger charge is 2.22. The van der Waals surface area contributed by atoms with Crippen molar-refractivity contribution in [3.8, 4) is 74.1 Å². The molecule has 0 saturated heterocycles. The van der Waals surface area contributed by atoms with Gasteiger partial charge in [0.15, 0.2) is 17.1 Å². The van der Waals surface area contributed by atoms with Gasteiger partial charge in [-0.1, -0.05) is 109 Å². The normalized spacial score (nSPS) is 11.1. The number of aromatic nitrogens is 2. The quantitative estimate of drug-likeness (QED) is 0.123. The summed E-state index contributed by atoms with van der Waals surface area (Å²) in [4.78, 5) is 11.1. The highest BCUT2D eigenvalue weighted by atomic mass is 15.0. The second-order valence-corrected chi connectivity index (χ2v) is 18.7. The number of rotatable bonds is 6. The van der Waals surface area contributed by atoms with Gasteiger partial charge in [0, 0.05) is 22.1 Å². The summed E-state index contributed by atoms with van der Waals surface area (Å²) in [6.45, 7) is 23.2. The van der Waals surface area contributed by atoms with Gasteiger partial charge in [0.1, 0.15) is 0 Å². The van der Waals surface area contributed by atoms with E-state index in [1.54, 1.807) is 0 Å². The van der Waals surface area contributed by atoms with Gasteiger partial charge in [-0.25, -0.2) is 14.5 Å². The summed E-state index contributed by atoms with van der Waals surface area (Å²) >= 11 is 0. The highest BCUT2D eigenvalue weighted by molar-refractivity contribution is 6.23. The van der Waals surface area contributed by atoms with Gasteiger partial charge in [0.05, 0.1) is 76.7 Å². The smallest absolute Gasteiger partial charge is 0.188 e. The van der Waals surface area contributed by atoms with Crippen molar-refractivity contribution >= 4 is 82.2 Å². The van der Waals surface area contributed by atoms with E-state index >= 15 is 0 Å². The Morgan fingerprint density at radius 2 is 0.592 bits per heavy atom. The molecule has 76 heavy (non-hydrogen) atoms. The molecule has 0 radical (unpaired) electrons. The Morgan fingerprint density at radius 3 is 0.974 bits per heavy atom. The van der Waals surface area contributed by atoms with Crippen LogP contribution in [0.2, 0.25) is 0 Å². The van der Waals surface area contributed by atoms with E-state index in [4.69, 9.17) is 19.7 Å². The molecule has 8 heteroatoms. The maximum Gasteiger partial charge on any atom is 0.188 e. The Labute approximate surface area is 436 Å². The van der Waals surface area contributed by atoms with Gasteiger partial charge >= 0.3 is 0 Å². The molecule has 8 nitrogen and oxygen atoms in total. The molecule has 13 aromatic rings. The molecule has 0 aliphatic carbocycles. The molecule has 346 valence electrons. The lowest BCUT2D eigenvalue weighted by Gasteiger charge is -2.21. The molecule has 13 rings (SSSR count). The van der Waals surface area contributed by atoms with E-state index in [1.165, 1.54) is 0 Å². The van der Waals surface area contributed by atoms with Crippen LogP contribution in [-0.4, -0.2) is 9.13 Å². The SMILES string of the molecule is [C-]#[N+]c1ccc(-c2ccc(-c3c4ccc(-n5c6ccc(C#N)cc6c6cc([N+]#[C-])ccc65)cc4c(-c4ccc(-c5ccc(C#N)cc5)cc4)c4ccc(-n5c6ccc(C#N)cc6c6cc([N+]#[C-])ccc65)cc34)cc2)cc1. The fourth-order valence-corrected chi connectivity index (χ4v) is 11.1. The summed E-state index contributed by atoms with van der Waals surface area (Å²) in [7, 11) is 0. The molecule has 0 aliphatic heterocycles.